The molecule has 0 saturated heterocycles. The van der Waals surface area contributed by atoms with Gasteiger partial charge in [-0.05, 0) is 79.7 Å². The zero-order chi connectivity index (χ0) is 27.0. The van der Waals surface area contributed by atoms with E-state index in [9.17, 15) is 5.26 Å². The van der Waals surface area contributed by atoms with Gasteiger partial charge in [0.15, 0.2) is 5.00 Å². The van der Waals surface area contributed by atoms with Crippen LogP contribution in [-0.4, -0.2) is 17.5 Å². The molecule has 2 aromatic rings. The lowest BCUT2D eigenvalue weighted by molar-refractivity contribution is 0.403. The highest BCUT2D eigenvalue weighted by Crippen LogP contribution is 2.33. The van der Waals surface area contributed by atoms with Crippen LogP contribution < -0.4 is 4.90 Å². The second kappa shape index (κ2) is 17.3. The Bertz CT molecular complexity index is 972. The van der Waals surface area contributed by atoms with Gasteiger partial charge in [0, 0.05) is 18.8 Å². The number of unbranched alkanes of at least 4 members (excludes halogenated alkanes) is 3. The van der Waals surface area contributed by atoms with Gasteiger partial charge in [-0.15, -0.1) is 10.2 Å². The molecule has 0 spiro atoms. The van der Waals surface area contributed by atoms with Crippen molar-refractivity contribution in [3.8, 4) is 6.07 Å². The fourth-order valence-electron chi connectivity index (χ4n) is 4.80. The largest absolute Gasteiger partial charge is 0.371 e. The number of azo groups is 1. The first kappa shape index (κ1) is 31.0. The third kappa shape index (κ3) is 9.85. The fourth-order valence-corrected chi connectivity index (χ4v) is 5.51. The van der Waals surface area contributed by atoms with Crippen molar-refractivity contribution < 1.29 is 0 Å². The summed E-state index contributed by atoms with van der Waals surface area (Å²) >= 11 is 1.27. The van der Waals surface area contributed by atoms with Crippen molar-refractivity contribution in [2.45, 2.75) is 112 Å². The van der Waals surface area contributed by atoms with Crippen molar-refractivity contribution in [3.05, 3.63) is 35.0 Å². The van der Waals surface area contributed by atoms with Crippen LogP contribution in [-0.2, 0) is 6.42 Å². The van der Waals surface area contributed by atoms with Crippen LogP contribution in [0.2, 0.25) is 0 Å². The van der Waals surface area contributed by atoms with E-state index in [2.05, 4.69) is 85.3 Å². The monoisotopic (exact) mass is 523 g/mol. The Kier molecular flexibility index (Phi) is 14.5. The number of aryl methyl sites for hydroxylation is 2. The summed E-state index contributed by atoms with van der Waals surface area (Å²) in [5.74, 6) is 1.45. The maximum Gasteiger partial charge on any atom is 0.176 e. The molecule has 1 aromatic carbocycles. The molecule has 0 radical (unpaired) electrons. The molecule has 2 rings (SSSR count). The molecule has 0 bridgehead atoms. The third-order valence-electron chi connectivity index (χ3n) is 7.46. The maximum absolute atomic E-state index is 9.64. The highest BCUT2D eigenvalue weighted by molar-refractivity contribution is 7.10. The average Bonchev–Trinajstić information content (AvgIpc) is 3.31. The van der Waals surface area contributed by atoms with Gasteiger partial charge in [-0.3, -0.25) is 0 Å². The zero-order valence-corrected chi connectivity index (χ0v) is 25.0. The first-order chi connectivity index (χ1) is 18.0. The predicted octanol–water partition coefficient (Wildman–Crippen LogP) is 10.3. The van der Waals surface area contributed by atoms with Crippen LogP contribution in [0.3, 0.4) is 0 Å². The summed E-state index contributed by atoms with van der Waals surface area (Å²) in [4.78, 5) is 2.64. The molecule has 2 atom stereocenters. The van der Waals surface area contributed by atoms with E-state index in [0.717, 1.165) is 61.1 Å². The molecule has 2 unspecified atom stereocenters. The highest BCUT2D eigenvalue weighted by Gasteiger charge is 2.18. The van der Waals surface area contributed by atoms with Gasteiger partial charge in [0.1, 0.15) is 11.6 Å². The second-order valence-corrected chi connectivity index (χ2v) is 11.2. The predicted molar refractivity (Wildman–Crippen MR) is 160 cm³/mol. The Labute approximate surface area is 230 Å². The van der Waals surface area contributed by atoms with E-state index < -0.39 is 0 Å². The Balaban J connectivity index is 2.26. The molecule has 5 nitrogen and oxygen atoms in total. The maximum atomic E-state index is 9.64. The van der Waals surface area contributed by atoms with Gasteiger partial charge in [0.05, 0.1) is 11.4 Å². The number of aromatic nitrogens is 1. The minimum Gasteiger partial charge on any atom is -0.371 e. The van der Waals surface area contributed by atoms with E-state index in [4.69, 9.17) is 0 Å². The lowest BCUT2D eigenvalue weighted by Gasteiger charge is -2.33. The van der Waals surface area contributed by atoms with Gasteiger partial charge in [-0.1, -0.05) is 79.6 Å². The minimum absolute atomic E-state index is 0.582. The van der Waals surface area contributed by atoms with Gasteiger partial charge >= 0.3 is 0 Å². The van der Waals surface area contributed by atoms with Crippen LogP contribution >= 0.6 is 11.5 Å². The van der Waals surface area contributed by atoms with Crippen LogP contribution in [0.25, 0.3) is 0 Å². The molecule has 0 amide bonds. The van der Waals surface area contributed by atoms with Crippen LogP contribution in [0.1, 0.15) is 116 Å². The summed E-state index contributed by atoms with van der Waals surface area (Å²) in [6.45, 7) is 15.7. The molecule has 6 heteroatoms. The van der Waals surface area contributed by atoms with Gasteiger partial charge in [0.25, 0.3) is 0 Å². The number of nitrogens with zero attached hydrogens (tertiary/aromatic N) is 5. The van der Waals surface area contributed by atoms with Crippen molar-refractivity contribution in [2.75, 3.05) is 18.0 Å². The summed E-state index contributed by atoms with van der Waals surface area (Å²) in [6.07, 6.45) is 13.1. The Morgan fingerprint density at radius 1 is 0.919 bits per heavy atom. The third-order valence-corrected chi connectivity index (χ3v) is 8.23. The molecule has 0 aliphatic heterocycles. The molecule has 1 aromatic heterocycles. The molecule has 0 aliphatic carbocycles. The first-order valence-corrected chi connectivity index (χ1v) is 15.4. The molecular weight excluding hydrogens is 474 g/mol. The number of hydrogen-bond donors (Lipinski definition) is 0. The van der Waals surface area contributed by atoms with E-state index in [0.29, 0.717) is 10.6 Å². The summed E-state index contributed by atoms with van der Waals surface area (Å²) in [5.41, 5.74) is 4.70. The molecule has 37 heavy (non-hydrogen) atoms. The van der Waals surface area contributed by atoms with Crippen LogP contribution in [0, 0.1) is 30.1 Å². The summed E-state index contributed by atoms with van der Waals surface area (Å²) in [6, 6.07) is 8.87. The van der Waals surface area contributed by atoms with E-state index in [-0.39, 0.29) is 0 Å². The Morgan fingerprint density at radius 3 is 2.05 bits per heavy atom. The average molecular weight is 524 g/mol. The Morgan fingerprint density at radius 2 is 1.54 bits per heavy atom. The minimum atomic E-state index is 0.582. The van der Waals surface area contributed by atoms with Crippen molar-refractivity contribution in [1.29, 1.82) is 5.26 Å². The lowest BCUT2D eigenvalue weighted by Crippen LogP contribution is -2.34. The standard InChI is InChI=1S/C31H49N5S/c1-7-12-15-25(10-4)22-36(23-26(11-5)16-13-8-2)27-18-19-29(24(6)20-27)33-34-31-28(21-32)30(35-37-31)17-14-9-3/h18-20,25-26H,7-17,22-23H2,1-6H3. The van der Waals surface area contributed by atoms with Crippen molar-refractivity contribution in [1.82, 2.24) is 4.37 Å². The molecular formula is C31H49N5S. The molecule has 204 valence electrons. The van der Waals surface area contributed by atoms with Crippen molar-refractivity contribution in [2.24, 2.45) is 22.1 Å². The SMILES string of the molecule is CCCCc1nsc(N=Nc2ccc(N(CC(CC)CCCC)CC(CC)CCCC)cc2C)c1C#N. The van der Waals surface area contributed by atoms with E-state index in [1.807, 2.05) is 0 Å². The number of rotatable bonds is 18. The highest BCUT2D eigenvalue weighted by atomic mass is 32.1. The van der Waals surface area contributed by atoms with Crippen molar-refractivity contribution in [3.63, 3.8) is 0 Å². The van der Waals surface area contributed by atoms with E-state index in [1.165, 1.54) is 68.6 Å². The Hall–Kier alpha value is -2.26. The molecule has 0 N–H and O–H groups in total. The van der Waals surface area contributed by atoms with Crippen LogP contribution in [0.15, 0.2) is 28.4 Å². The number of benzene rings is 1. The zero-order valence-electron chi connectivity index (χ0n) is 24.2. The topological polar surface area (TPSA) is 64.6 Å². The van der Waals surface area contributed by atoms with E-state index >= 15 is 0 Å². The number of hydrogen-bond acceptors (Lipinski definition) is 6. The number of anilines is 1. The summed E-state index contributed by atoms with van der Waals surface area (Å²) in [7, 11) is 0. The fraction of sp³-hybridized carbons (Fsp3) is 0.677. The lowest BCUT2D eigenvalue weighted by atomic mass is 9.95. The second-order valence-electron chi connectivity index (χ2n) is 10.4. The van der Waals surface area contributed by atoms with Crippen LogP contribution in [0.4, 0.5) is 16.4 Å². The van der Waals surface area contributed by atoms with Gasteiger partial charge < -0.3 is 4.90 Å². The van der Waals surface area contributed by atoms with Crippen molar-refractivity contribution >= 4 is 27.9 Å². The molecule has 1 heterocycles. The molecule has 0 saturated carbocycles. The normalized spacial score (nSPS) is 13.1. The molecule has 0 aliphatic rings. The smallest absolute Gasteiger partial charge is 0.176 e. The van der Waals surface area contributed by atoms with E-state index in [1.54, 1.807) is 0 Å². The quantitative estimate of drug-likeness (QED) is 0.182. The molecule has 0 fully saturated rings. The van der Waals surface area contributed by atoms with Crippen LogP contribution in [0.5, 0.6) is 0 Å². The van der Waals surface area contributed by atoms with Gasteiger partial charge in [-0.25, -0.2) is 0 Å². The first-order valence-electron chi connectivity index (χ1n) is 14.7. The van der Waals surface area contributed by atoms with Gasteiger partial charge in [0.2, 0.25) is 0 Å². The van der Waals surface area contributed by atoms with Gasteiger partial charge in [-0.2, -0.15) is 9.64 Å². The summed E-state index contributed by atoms with van der Waals surface area (Å²) in [5, 5.41) is 19.2. The number of nitriles is 1. The summed E-state index contributed by atoms with van der Waals surface area (Å²) < 4.78 is 4.47.